The van der Waals surface area contributed by atoms with E-state index < -0.39 is 0 Å². The van der Waals surface area contributed by atoms with Crippen molar-refractivity contribution in [1.82, 2.24) is 5.32 Å². The second kappa shape index (κ2) is 4.80. The summed E-state index contributed by atoms with van der Waals surface area (Å²) in [4.78, 5) is 0. The van der Waals surface area contributed by atoms with E-state index in [0.29, 0.717) is 0 Å². The van der Waals surface area contributed by atoms with Crippen LogP contribution in [0.1, 0.15) is 19.8 Å². The minimum atomic E-state index is 0.824. The minimum absolute atomic E-state index is 0.824. The fourth-order valence-corrected chi connectivity index (χ4v) is 2.02. The highest BCUT2D eigenvalue weighted by Gasteiger charge is 2.10. The third kappa shape index (κ3) is 2.76. The van der Waals surface area contributed by atoms with E-state index in [0.717, 1.165) is 5.25 Å². The summed E-state index contributed by atoms with van der Waals surface area (Å²) in [6.07, 6.45) is 4.83. The van der Waals surface area contributed by atoms with Crippen LogP contribution in [-0.4, -0.2) is 18.3 Å². The topological polar surface area (TPSA) is 12.0 Å². The highest BCUT2D eigenvalue weighted by Crippen LogP contribution is 2.18. The molecule has 0 saturated carbocycles. The number of piperidine rings is 1. The molecule has 0 amide bonds. The molecule has 0 aromatic rings. The van der Waals surface area contributed by atoms with Crippen LogP contribution in [0.4, 0.5) is 0 Å². The first-order valence-electron chi connectivity index (χ1n) is 3.91. The molecule has 58 valence electrons. The van der Waals surface area contributed by atoms with Crippen LogP contribution < -0.4 is 5.32 Å². The molecule has 1 unspecified atom stereocenters. The normalized spacial score (nSPS) is 27.5. The van der Waals surface area contributed by atoms with Crippen LogP contribution in [0, 0.1) is 0 Å². The van der Waals surface area contributed by atoms with Crippen LogP contribution in [0.2, 0.25) is 0 Å². The summed E-state index contributed by atoms with van der Waals surface area (Å²) in [6, 6.07) is 0. The van der Waals surface area contributed by atoms with E-state index in [1.54, 1.807) is 0 Å². The lowest BCUT2D eigenvalue weighted by Crippen LogP contribution is -2.31. The first kappa shape index (κ1) is 8.15. The van der Waals surface area contributed by atoms with Crippen molar-refractivity contribution in [3.63, 3.8) is 0 Å². The lowest BCUT2D eigenvalue weighted by atomic mass is 10.2. The van der Waals surface area contributed by atoms with E-state index in [4.69, 9.17) is 0 Å². The Morgan fingerprint density at radius 1 is 1.60 bits per heavy atom. The second-order valence-corrected chi connectivity index (χ2v) is 3.78. The Morgan fingerprint density at radius 3 is 3.10 bits per heavy atom. The van der Waals surface area contributed by atoms with Crippen LogP contribution in [0.5, 0.6) is 0 Å². The maximum absolute atomic E-state index is 3.39. The summed E-state index contributed by atoms with van der Waals surface area (Å²) in [7, 11) is 0. The highest BCUT2D eigenvalue weighted by molar-refractivity contribution is 8.02. The smallest absolute Gasteiger partial charge is 0.0214 e. The number of rotatable bonds is 2. The van der Waals surface area contributed by atoms with Gasteiger partial charge in [-0.05, 0) is 31.7 Å². The summed E-state index contributed by atoms with van der Waals surface area (Å²) >= 11 is 1.95. The van der Waals surface area contributed by atoms with Gasteiger partial charge in [0.25, 0.3) is 0 Å². The van der Waals surface area contributed by atoms with Gasteiger partial charge in [-0.2, -0.15) is 0 Å². The van der Waals surface area contributed by atoms with E-state index in [1.807, 2.05) is 11.8 Å². The summed E-state index contributed by atoms with van der Waals surface area (Å²) in [6.45, 7) is 4.48. The number of thioether (sulfide) groups is 1. The Labute approximate surface area is 67.3 Å². The summed E-state index contributed by atoms with van der Waals surface area (Å²) in [5.74, 6) is 0. The van der Waals surface area contributed by atoms with Gasteiger partial charge in [-0.15, -0.1) is 11.8 Å². The molecule has 1 atom stereocenters. The lowest BCUT2D eigenvalue weighted by Gasteiger charge is -2.20. The van der Waals surface area contributed by atoms with Gasteiger partial charge in [-0.25, -0.2) is 0 Å². The van der Waals surface area contributed by atoms with Crippen LogP contribution in [0.25, 0.3) is 0 Å². The summed E-state index contributed by atoms with van der Waals surface area (Å²) in [5, 5.41) is 6.41. The first-order valence-corrected chi connectivity index (χ1v) is 4.85. The quantitative estimate of drug-likeness (QED) is 0.658. The number of allylic oxidation sites excluding steroid dienone is 1. The Hall–Kier alpha value is 0.0500. The molecule has 0 radical (unpaired) electrons. The molecule has 0 spiro atoms. The van der Waals surface area contributed by atoms with E-state index in [-0.39, 0.29) is 0 Å². The zero-order chi connectivity index (χ0) is 7.23. The molecule has 1 fully saturated rings. The third-order valence-electron chi connectivity index (χ3n) is 1.66. The van der Waals surface area contributed by atoms with E-state index >= 15 is 0 Å². The first-order chi connectivity index (χ1) is 4.93. The Kier molecular flexibility index (Phi) is 3.91. The van der Waals surface area contributed by atoms with Crippen LogP contribution in [0.3, 0.4) is 0 Å². The molecule has 1 N–H and O–H groups in total. The van der Waals surface area contributed by atoms with Gasteiger partial charge < -0.3 is 5.32 Å². The summed E-state index contributed by atoms with van der Waals surface area (Å²) < 4.78 is 0. The van der Waals surface area contributed by atoms with Crippen molar-refractivity contribution in [3.8, 4) is 0 Å². The molecule has 1 rings (SSSR count). The molecule has 1 nitrogen and oxygen atoms in total. The Bertz CT molecular complexity index is 106. The zero-order valence-corrected chi connectivity index (χ0v) is 7.29. The van der Waals surface area contributed by atoms with Crippen molar-refractivity contribution in [2.75, 3.05) is 13.1 Å². The van der Waals surface area contributed by atoms with Gasteiger partial charge in [0.2, 0.25) is 0 Å². The molecule has 1 heterocycles. The SMILES string of the molecule is C/C=C/SC1CCCNC1. The Balaban J connectivity index is 2.13. The minimum Gasteiger partial charge on any atom is -0.316 e. The molecule has 0 aromatic carbocycles. The second-order valence-electron chi connectivity index (χ2n) is 2.57. The van der Waals surface area contributed by atoms with E-state index in [2.05, 4.69) is 23.7 Å². The predicted molar refractivity (Wildman–Crippen MR) is 48.3 cm³/mol. The standard InChI is InChI=1S/C8H15NS/c1-2-6-10-8-4-3-5-9-7-8/h2,6,8-9H,3-5,7H2,1H3/b6-2+. The van der Waals surface area contributed by atoms with Crippen LogP contribution >= 0.6 is 11.8 Å². The van der Waals surface area contributed by atoms with Gasteiger partial charge in [-0.3, -0.25) is 0 Å². The number of hydrogen-bond donors (Lipinski definition) is 1. The molecule has 2 heteroatoms. The fraction of sp³-hybridized carbons (Fsp3) is 0.750. The van der Waals surface area contributed by atoms with Crippen molar-refractivity contribution in [2.24, 2.45) is 0 Å². The van der Waals surface area contributed by atoms with Crippen LogP contribution in [0.15, 0.2) is 11.5 Å². The van der Waals surface area contributed by atoms with Crippen molar-refractivity contribution >= 4 is 11.8 Å². The molecular weight excluding hydrogens is 142 g/mol. The monoisotopic (exact) mass is 157 g/mol. The number of hydrogen-bond acceptors (Lipinski definition) is 2. The maximum atomic E-state index is 3.39. The van der Waals surface area contributed by atoms with Gasteiger partial charge in [0.05, 0.1) is 0 Å². The third-order valence-corrected chi connectivity index (χ3v) is 2.88. The van der Waals surface area contributed by atoms with Crippen LogP contribution in [-0.2, 0) is 0 Å². The Morgan fingerprint density at radius 2 is 2.50 bits per heavy atom. The molecule has 0 bridgehead atoms. The zero-order valence-electron chi connectivity index (χ0n) is 6.47. The van der Waals surface area contributed by atoms with Gasteiger partial charge in [0.15, 0.2) is 0 Å². The molecule has 0 aromatic heterocycles. The lowest BCUT2D eigenvalue weighted by molar-refractivity contribution is 0.532. The van der Waals surface area contributed by atoms with E-state index in [1.165, 1.54) is 25.9 Å². The molecule has 10 heavy (non-hydrogen) atoms. The van der Waals surface area contributed by atoms with Gasteiger partial charge in [0.1, 0.15) is 0 Å². The summed E-state index contributed by atoms with van der Waals surface area (Å²) in [5.41, 5.74) is 0. The van der Waals surface area contributed by atoms with Crippen molar-refractivity contribution < 1.29 is 0 Å². The number of nitrogens with one attached hydrogen (secondary N) is 1. The molecular formula is C8H15NS. The molecule has 0 aliphatic carbocycles. The maximum Gasteiger partial charge on any atom is 0.0214 e. The molecule has 1 aliphatic heterocycles. The fourth-order valence-electron chi connectivity index (χ4n) is 1.13. The molecule has 1 saturated heterocycles. The van der Waals surface area contributed by atoms with Gasteiger partial charge >= 0.3 is 0 Å². The molecule has 1 aliphatic rings. The average Bonchev–Trinajstić information content (AvgIpc) is 2.03. The highest BCUT2D eigenvalue weighted by atomic mass is 32.2. The van der Waals surface area contributed by atoms with Crippen molar-refractivity contribution in [1.29, 1.82) is 0 Å². The van der Waals surface area contributed by atoms with Gasteiger partial charge in [-0.1, -0.05) is 6.08 Å². The predicted octanol–water partition coefficient (Wildman–Crippen LogP) is 2.01. The van der Waals surface area contributed by atoms with E-state index in [9.17, 15) is 0 Å². The largest absolute Gasteiger partial charge is 0.316 e. The average molecular weight is 157 g/mol. The van der Waals surface area contributed by atoms with Crippen molar-refractivity contribution in [3.05, 3.63) is 11.5 Å². The van der Waals surface area contributed by atoms with Crippen molar-refractivity contribution in [2.45, 2.75) is 25.0 Å². The van der Waals surface area contributed by atoms with Gasteiger partial charge in [0, 0.05) is 11.8 Å².